The number of hydrogen-bond acceptors (Lipinski definition) is 5. The molecule has 0 aromatic heterocycles. The van der Waals surface area contributed by atoms with Gasteiger partial charge in [-0.25, -0.2) is 4.79 Å². The van der Waals surface area contributed by atoms with Crippen LogP contribution in [-0.2, 0) is 16.0 Å². The zero-order valence-electron chi connectivity index (χ0n) is 15.8. The quantitative estimate of drug-likeness (QED) is 0.778. The molecule has 0 saturated carbocycles. The minimum atomic E-state index is -0.588. The third-order valence-corrected chi connectivity index (χ3v) is 5.18. The Morgan fingerprint density at radius 2 is 1.71 bits per heavy atom. The Hall–Kier alpha value is -2.57. The number of amides is 1. The summed E-state index contributed by atoms with van der Waals surface area (Å²) >= 11 is 5.90. The Kier molecular flexibility index (Phi) is 6.54. The molecule has 1 aliphatic heterocycles. The Balaban J connectivity index is 1.60. The second-order valence-corrected chi connectivity index (χ2v) is 7.19. The third-order valence-electron chi connectivity index (χ3n) is 4.93. The van der Waals surface area contributed by atoms with Gasteiger partial charge in [-0.2, -0.15) is 0 Å². The Labute approximate surface area is 169 Å². The van der Waals surface area contributed by atoms with Gasteiger partial charge in [0.05, 0.1) is 24.4 Å². The molecule has 1 heterocycles. The number of hydrogen-bond donors (Lipinski definition) is 1. The maximum absolute atomic E-state index is 12.7. The number of nitrogens with two attached hydrogens (primary N) is 1. The molecule has 1 saturated heterocycles. The standard InChI is InChI=1S/C21H24ClN3O3/c1-28-21(27)17-4-2-3-5-19(17)24-10-12-25(13-11-24)20(26)18(23)14-15-6-8-16(22)9-7-15/h2-9,18H,10-14,23H2,1H3/t18-/m1/s1. The van der Waals surface area contributed by atoms with Crippen molar-refractivity contribution in [3.8, 4) is 0 Å². The van der Waals surface area contributed by atoms with Gasteiger partial charge in [0.1, 0.15) is 0 Å². The summed E-state index contributed by atoms with van der Waals surface area (Å²) in [6.07, 6.45) is 0.474. The Bertz CT molecular complexity index is 833. The summed E-state index contributed by atoms with van der Waals surface area (Å²) in [5.74, 6) is -0.421. The van der Waals surface area contributed by atoms with E-state index in [-0.39, 0.29) is 11.9 Å². The van der Waals surface area contributed by atoms with E-state index < -0.39 is 6.04 Å². The van der Waals surface area contributed by atoms with Gasteiger partial charge in [-0.05, 0) is 36.2 Å². The van der Waals surface area contributed by atoms with Crippen LogP contribution in [0.15, 0.2) is 48.5 Å². The van der Waals surface area contributed by atoms with E-state index in [2.05, 4.69) is 4.90 Å². The highest BCUT2D eigenvalue weighted by atomic mass is 35.5. The van der Waals surface area contributed by atoms with Gasteiger partial charge in [0.2, 0.25) is 5.91 Å². The fourth-order valence-electron chi connectivity index (χ4n) is 3.40. The van der Waals surface area contributed by atoms with Gasteiger partial charge in [-0.3, -0.25) is 4.79 Å². The molecular formula is C21H24ClN3O3. The number of halogens is 1. The number of carbonyl (C=O) groups excluding carboxylic acids is 2. The lowest BCUT2D eigenvalue weighted by Gasteiger charge is -2.37. The Morgan fingerprint density at radius 3 is 2.36 bits per heavy atom. The van der Waals surface area contributed by atoms with Crippen LogP contribution in [-0.4, -0.2) is 56.1 Å². The van der Waals surface area contributed by atoms with Crippen molar-refractivity contribution in [3.63, 3.8) is 0 Å². The van der Waals surface area contributed by atoms with Crippen molar-refractivity contribution in [1.29, 1.82) is 0 Å². The summed E-state index contributed by atoms with van der Waals surface area (Å²) in [7, 11) is 1.37. The number of carbonyl (C=O) groups is 2. The lowest BCUT2D eigenvalue weighted by Crippen LogP contribution is -2.53. The topological polar surface area (TPSA) is 75.9 Å². The first-order valence-corrected chi connectivity index (χ1v) is 9.58. The molecule has 148 valence electrons. The van der Waals surface area contributed by atoms with E-state index in [1.165, 1.54) is 7.11 Å². The fourth-order valence-corrected chi connectivity index (χ4v) is 3.52. The van der Waals surface area contributed by atoms with Gasteiger partial charge in [-0.15, -0.1) is 0 Å². The normalized spacial score (nSPS) is 15.2. The molecule has 0 unspecified atom stereocenters. The number of esters is 1. The highest BCUT2D eigenvalue weighted by Crippen LogP contribution is 2.23. The molecule has 1 aliphatic rings. The van der Waals surface area contributed by atoms with Gasteiger partial charge in [0, 0.05) is 31.2 Å². The molecule has 1 fully saturated rings. The van der Waals surface area contributed by atoms with Crippen LogP contribution in [0.3, 0.4) is 0 Å². The van der Waals surface area contributed by atoms with E-state index >= 15 is 0 Å². The first-order valence-electron chi connectivity index (χ1n) is 9.20. The highest BCUT2D eigenvalue weighted by molar-refractivity contribution is 6.30. The number of nitrogens with zero attached hydrogens (tertiary/aromatic N) is 2. The lowest BCUT2D eigenvalue weighted by molar-refractivity contribution is -0.132. The van der Waals surface area contributed by atoms with Crippen LogP contribution < -0.4 is 10.6 Å². The molecular weight excluding hydrogens is 378 g/mol. The monoisotopic (exact) mass is 401 g/mol. The lowest BCUT2D eigenvalue weighted by atomic mass is 10.0. The second kappa shape index (κ2) is 9.08. The molecule has 7 heteroatoms. The average molecular weight is 402 g/mol. The van der Waals surface area contributed by atoms with Gasteiger partial charge in [0.15, 0.2) is 0 Å². The van der Waals surface area contributed by atoms with Gasteiger partial charge in [0.25, 0.3) is 0 Å². The summed E-state index contributed by atoms with van der Waals surface area (Å²) < 4.78 is 4.87. The van der Waals surface area contributed by atoms with Crippen LogP contribution in [0, 0.1) is 0 Å². The van der Waals surface area contributed by atoms with Crippen molar-refractivity contribution in [3.05, 3.63) is 64.7 Å². The SMILES string of the molecule is COC(=O)c1ccccc1N1CCN(C(=O)[C@H](N)Cc2ccc(Cl)cc2)CC1. The van der Waals surface area contributed by atoms with Gasteiger partial charge in [-0.1, -0.05) is 35.9 Å². The van der Waals surface area contributed by atoms with Crippen molar-refractivity contribution in [2.75, 3.05) is 38.2 Å². The summed E-state index contributed by atoms with van der Waals surface area (Å²) in [4.78, 5) is 28.6. The molecule has 2 aromatic carbocycles. The zero-order chi connectivity index (χ0) is 20.1. The second-order valence-electron chi connectivity index (χ2n) is 6.76. The van der Waals surface area contributed by atoms with Gasteiger partial charge >= 0.3 is 5.97 Å². The summed E-state index contributed by atoms with van der Waals surface area (Å²) in [5.41, 5.74) is 8.49. The first-order chi connectivity index (χ1) is 13.5. The molecule has 0 aliphatic carbocycles. The van der Waals surface area contributed by atoms with Crippen molar-refractivity contribution >= 4 is 29.2 Å². The predicted octanol–water partition coefficient (Wildman–Crippen LogP) is 2.35. The van der Waals surface area contributed by atoms with E-state index in [0.29, 0.717) is 43.2 Å². The minimum absolute atomic E-state index is 0.0594. The summed E-state index contributed by atoms with van der Waals surface area (Å²) in [5, 5.41) is 0.659. The largest absolute Gasteiger partial charge is 0.465 e. The van der Waals surface area contributed by atoms with Crippen LogP contribution in [0.5, 0.6) is 0 Å². The molecule has 2 aromatic rings. The van der Waals surface area contributed by atoms with Gasteiger partial charge < -0.3 is 20.3 Å². The molecule has 0 bridgehead atoms. The number of ether oxygens (including phenoxy) is 1. The molecule has 3 rings (SSSR count). The molecule has 6 nitrogen and oxygen atoms in total. The van der Waals surface area contributed by atoms with Crippen molar-refractivity contribution < 1.29 is 14.3 Å². The fraction of sp³-hybridized carbons (Fsp3) is 0.333. The maximum Gasteiger partial charge on any atom is 0.339 e. The van der Waals surface area contributed by atoms with Crippen LogP contribution in [0.25, 0.3) is 0 Å². The first kappa shape index (κ1) is 20.2. The number of benzene rings is 2. The van der Waals surface area contributed by atoms with Crippen LogP contribution in [0.2, 0.25) is 5.02 Å². The van der Waals surface area contributed by atoms with E-state index in [1.54, 1.807) is 23.1 Å². The summed E-state index contributed by atoms with van der Waals surface area (Å²) in [6.45, 7) is 2.38. The predicted molar refractivity (Wildman–Crippen MR) is 110 cm³/mol. The van der Waals surface area contributed by atoms with E-state index in [1.807, 2.05) is 30.3 Å². The Morgan fingerprint density at radius 1 is 1.07 bits per heavy atom. The number of methoxy groups -OCH3 is 1. The van der Waals surface area contributed by atoms with E-state index in [4.69, 9.17) is 22.1 Å². The number of anilines is 1. The maximum atomic E-state index is 12.7. The molecule has 1 amide bonds. The zero-order valence-corrected chi connectivity index (χ0v) is 16.6. The molecule has 0 radical (unpaired) electrons. The summed E-state index contributed by atoms with van der Waals surface area (Å²) in [6, 6.07) is 14.1. The van der Waals surface area contributed by atoms with E-state index in [9.17, 15) is 9.59 Å². The van der Waals surface area contributed by atoms with Crippen molar-refractivity contribution in [2.24, 2.45) is 5.73 Å². The number of para-hydroxylation sites is 1. The van der Waals surface area contributed by atoms with Crippen LogP contribution >= 0.6 is 11.6 Å². The van der Waals surface area contributed by atoms with Crippen LogP contribution in [0.4, 0.5) is 5.69 Å². The molecule has 28 heavy (non-hydrogen) atoms. The number of rotatable bonds is 5. The highest BCUT2D eigenvalue weighted by Gasteiger charge is 2.27. The minimum Gasteiger partial charge on any atom is -0.465 e. The third kappa shape index (κ3) is 4.64. The van der Waals surface area contributed by atoms with Crippen LogP contribution in [0.1, 0.15) is 15.9 Å². The molecule has 0 spiro atoms. The van der Waals surface area contributed by atoms with Crippen molar-refractivity contribution in [2.45, 2.75) is 12.5 Å². The van der Waals surface area contributed by atoms with Crippen molar-refractivity contribution in [1.82, 2.24) is 4.90 Å². The molecule has 2 N–H and O–H groups in total. The molecule has 1 atom stereocenters. The number of piperazine rings is 1. The van der Waals surface area contributed by atoms with E-state index in [0.717, 1.165) is 11.3 Å². The smallest absolute Gasteiger partial charge is 0.339 e. The average Bonchev–Trinajstić information content (AvgIpc) is 2.74.